The second-order valence-corrected chi connectivity index (χ2v) is 5.04. The number of rotatable bonds is 4. The Kier molecular flexibility index (Phi) is 4.47. The third-order valence-corrected chi connectivity index (χ3v) is 3.46. The second-order valence-electron chi connectivity index (χ2n) is 5.04. The molecular weight excluding hydrogens is 253 g/mol. The minimum atomic E-state index is -2.92. The Bertz CT molecular complexity index is 423. The van der Waals surface area contributed by atoms with Crippen LogP contribution in [0, 0.1) is 5.82 Å². The van der Waals surface area contributed by atoms with Crippen LogP contribution in [0.15, 0.2) is 18.2 Å². The largest absolute Gasteiger partial charge is 0.314 e. The van der Waals surface area contributed by atoms with E-state index in [2.05, 4.69) is 10.2 Å². The van der Waals surface area contributed by atoms with Gasteiger partial charge in [0, 0.05) is 45.2 Å². The van der Waals surface area contributed by atoms with Crippen molar-refractivity contribution in [2.45, 2.75) is 19.3 Å². The number of hydrogen-bond acceptors (Lipinski definition) is 2. The van der Waals surface area contributed by atoms with Crippen molar-refractivity contribution in [3.63, 3.8) is 0 Å². The molecule has 106 valence electrons. The molecule has 0 spiro atoms. The van der Waals surface area contributed by atoms with E-state index in [1.165, 1.54) is 6.07 Å². The highest BCUT2D eigenvalue weighted by Gasteiger charge is 2.25. The molecule has 1 saturated heterocycles. The molecule has 1 aliphatic rings. The molecule has 1 heterocycles. The first-order valence-corrected chi connectivity index (χ1v) is 6.56. The van der Waals surface area contributed by atoms with Crippen molar-refractivity contribution in [1.29, 1.82) is 0 Å². The first-order valence-electron chi connectivity index (χ1n) is 6.56. The Morgan fingerprint density at radius 2 is 1.95 bits per heavy atom. The molecular formula is C14H19F3N2. The Balaban J connectivity index is 2.02. The molecule has 5 heteroatoms. The van der Waals surface area contributed by atoms with Crippen molar-refractivity contribution in [3.05, 3.63) is 35.1 Å². The number of nitrogens with zero attached hydrogens (tertiary/aromatic N) is 1. The molecule has 0 bridgehead atoms. The van der Waals surface area contributed by atoms with Gasteiger partial charge in [0.1, 0.15) is 5.82 Å². The maximum absolute atomic E-state index is 13.6. The number of hydrogen-bond donors (Lipinski definition) is 1. The molecule has 1 aromatic rings. The molecule has 19 heavy (non-hydrogen) atoms. The highest BCUT2D eigenvalue weighted by atomic mass is 19.3. The van der Waals surface area contributed by atoms with Crippen molar-refractivity contribution in [1.82, 2.24) is 10.2 Å². The summed E-state index contributed by atoms with van der Waals surface area (Å²) in [7, 11) is 0. The summed E-state index contributed by atoms with van der Waals surface area (Å²) in [4.78, 5) is 2.21. The lowest BCUT2D eigenvalue weighted by atomic mass is 10.0. The third-order valence-electron chi connectivity index (χ3n) is 3.46. The number of halogens is 3. The lowest BCUT2D eigenvalue weighted by molar-refractivity contribution is 0.0173. The third kappa shape index (κ3) is 3.94. The van der Waals surface area contributed by atoms with E-state index in [4.69, 9.17) is 0 Å². The van der Waals surface area contributed by atoms with Crippen molar-refractivity contribution in [2.24, 2.45) is 0 Å². The topological polar surface area (TPSA) is 15.3 Å². The van der Waals surface area contributed by atoms with Crippen molar-refractivity contribution >= 4 is 0 Å². The SMILES string of the molecule is CC(F)(F)c1ccc(F)c(CCN2CCNCC2)c1. The molecule has 1 aromatic carbocycles. The molecule has 0 atom stereocenters. The van der Waals surface area contributed by atoms with E-state index in [0.717, 1.165) is 45.2 Å². The van der Waals surface area contributed by atoms with Gasteiger partial charge in [-0.05, 0) is 24.1 Å². The molecule has 2 rings (SSSR count). The second kappa shape index (κ2) is 5.92. The first-order chi connectivity index (χ1) is 8.97. The summed E-state index contributed by atoms with van der Waals surface area (Å²) < 4.78 is 40.1. The smallest absolute Gasteiger partial charge is 0.270 e. The first kappa shape index (κ1) is 14.3. The van der Waals surface area contributed by atoms with E-state index in [9.17, 15) is 13.2 Å². The Morgan fingerprint density at radius 3 is 2.58 bits per heavy atom. The fraction of sp³-hybridized carbons (Fsp3) is 0.571. The predicted molar refractivity (Wildman–Crippen MR) is 69.0 cm³/mol. The average molecular weight is 272 g/mol. The van der Waals surface area contributed by atoms with Gasteiger partial charge < -0.3 is 10.2 Å². The van der Waals surface area contributed by atoms with Crippen LogP contribution in [-0.4, -0.2) is 37.6 Å². The summed E-state index contributed by atoms with van der Waals surface area (Å²) in [6, 6.07) is 3.58. The number of piperazine rings is 1. The van der Waals surface area contributed by atoms with Gasteiger partial charge in [-0.25, -0.2) is 13.2 Å². The molecule has 0 amide bonds. The zero-order valence-corrected chi connectivity index (χ0v) is 11.1. The van der Waals surface area contributed by atoms with Gasteiger partial charge in [-0.2, -0.15) is 0 Å². The van der Waals surface area contributed by atoms with Gasteiger partial charge in [-0.3, -0.25) is 0 Å². The van der Waals surface area contributed by atoms with Crippen molar-refractivity contribution in [2.75, 3.05) is 32.7 Å². The van der Waals surface area contributed by atoms with Gasteiger partial charge in [0.05, 0.1) is 0 Å². The quantitative estimate of drug-likeness (QED) is 0.905. The van der Waals surface area contributed by atoms with E-state index in [1.807, 2.05) is 0 Å². The van der Waals surface area contributed by atoms with E-state index >= 15 is 0 Å². The minimum Gasteiger partial charge on any atom is -0.314 e. The summed E-state index contributed by atoms with van der Waals surface area (Å²) in [5, 5.41) is 3.24. The van der Waals surface area contributed by atoms with Gasteiger partial charge >= 0.3 is 0 Å². The van der Waals surface area contributed by atoms with Gasteiger partial charge in [0.2, 0.25) is 0 Å². The number of nitrogens with one attached hydrogen (secondary N) is 1. The molecule has 0 aromatic heterocycles. The molecule has 1 fully saturated rings. The van der Waals surface area contributed by atoms with Gasteiger partial charge in [0.25, 0.3) is 5.92 Å². The monoisotopic (exact) mass is 272 g/mol. The van der Waals surface area contributed by atoms with Gasteiger partial charge in [-0.15, -0.1) is 0 Å². The molecule has 2 nitrogen and oxygen atoms in total. The predicted octanol–water partition coefficient (Wildman–Crippen LogP) is 2.39. The summed E-state index contributed by atoms with van der Waals surface area (Å²) in [6.07, 6.45) is 0.468. The van der Waals surface area contributed by atoms with Crippen LogP contribution in [0.4, 0.5) is 13.2 Å². The van der Waals surface area contributed by atoms with Crippen LogP contribution in [-0.2, 0) is 12.3 Å². The summed E-state index contributed by atoms with van der Waals surface area (Å²) in [6.45, 7) is 5.24. The molecule has 1 N–H and O–H groups in total. The fourth-order valence-electron chi connectivity index (χ4n) is 2.25. The standard InChI is InChI=1S/C14H19F3N2/c1-14(16,17)12-2-3-13(15)11(10-12)4-7-19-8-5-18-6-9-19/h2-3,10,18H,4-9H2,1H3. The van der Waals surface area contributed by atoms with Crippen molar-refractivity contribution in [3.8, 4) is 0 Å². The zero-order chi connectivity index (χ0) is 13.9. The normalized spacial score (nSPS) is 17.7. The zero-order valence-electron chi connectivity index (χ0n) is 11.1. The fourth-order valence-corrected chi connectivity index (χ4v) is 2.25. The van der Waals surface area contributed by atoms with Crippen LogP contribution in [0.3, 0.4) is 0 Å². The molecule has 0 saturated carbocycles. The van der Waals surface area contributed by atoms with Crippen LogP contribution in [0.5, 0.6) is 0 Å². The maximum atomic E-state index is 13.6. The molecule has 0 radical (unpaired) electrons. The van der Waals surface area contributed by atoms with Crippen LogP contribution in [0.25, 0.3) is 0 Å². The van der Waals surface area contributed by atoms with Gasteiger partial charge in [0.15, 0.2) is 0 Å². The van der Waals surface area contributed by atoms with E-state index < -0.39 is 11.7 Å². The number of benzene rings is 1. The summed E-state index contributed by atoms with van der Waals surface area (Å²) >= 11 is 0. The van der Waals surface area contributed by atoms with Crippen LogP contribution >= 0.6 is 0 Å². The molecule has 0 unspecified atom stereocenters. The lowest BCUT2D eigenvalue weighted by Crippen LogP contribution is -2.44. The summed E-state index contributed by atoms with van der Waals surface area (Å²) in [5.41, 5.74) is 0.252. The number of alkyl halides is 2. The van der Waals surface area contributed by atoms with Gasteiger partial charge in [-0.1, -0.05) is 6.07 Å². The highest BCUT2D eigenvalue weighted by Crippen LogP contribution is 2.28. The van der Waals surface area contributed by atoms with E-state index in [0.29, 0.717) is 18.5 Å². The van der Waals surface area contributed by atoms with Crippen LogP contribution in [0.1, 0.15) is 18.1 Å². The Labute approximate surface area is 111 Å². The Hall–Kier alpha value is -1.07. The van der Waals surface area contributed by atoms with Crippen LogP contribution in [0.2, 0.25) is 0 Å². The maximum Gasteiger partial charge on any atom is 0.270 e. The average Bonchev–Trinajstić information content (AvgIpc) is 2.37. The molecule has 1 aliphatic heterocycles. The van der Waals surface area contributed by atoms with E-state index in [1.54, 1.807) is 0 Å². The highest BCUT2D eigenvalue weighted by molar-refractivity contribution is 5.28. The molecule has 0 aliphatic carbocycles. The van der Waals surface area contributed by atoms with E-state index in [-0.39, 0.29) is 5.56 Å². The Morgan fingerprint density at radius 1 is 1.26 bits per heavy atom. The van der Waals surface area contributed by atoms with Crippen molar-refractivity contribution < 1.29 is 13.2 Å². The minimum absolute atomic E-state index is 0.121. The van der Waals surface area contributed by atoms with Crippen LogP contribution < -0.4 is 5.32 Å². The summed E-state index contributed by atoms with van der Waals surface area (Å²) in [5.74, 6) is -3.32. The lowest BCUT2D eigenvalue weighted by Gasteiger charge is -2.27.